The van der Waals surface area contributed by atoms with E-state index < -0.39 is 5.41 Å². The maximum atomic E-state index is 14.2. The average Bonchev–Trinajstić information content (AvgIpc) is 3.45. The van der Waals surface area contributed by atoms with Gasteiger partial charge in [0.15, 0.2) is 0 Å². The third kappa shape index (κ3) is 5.57. The lowest BCUT2D eigenvalue weighted by molar-refractivity contribution is -0.121. The number of nitriles is 1. The maximum Gasteiger partial charge on any atom is 0.257 e. The van der Waals surface area contributed by atoms with Crippen LogP contribution in [0.2, 0.25) is 0 Å². The highest BCUT2D eigenvalue weighted by atomic mass is 16.3. The first-order valence-electron chi connectivity index (χ1n) is 13.8. The molecule has 0 bridgehead atoms. The Morgan fingerprint density at radius 3 is 2.40 bits per heavy atom. The number of carbonyl (C=O) groups excluding carboxylic acids is 2. The summed E-state index contributed by atoms with van der Waals surface area (Å²) in [6, 6.07) is 25.1. The SMILES string of the molecule is CC(=O)C(C)(C)c1cccc(-c2ccc(CN(Cc3ccc(C#N)o3)C(=O)c3c(C)c(C)nc4cccnc34)cc2)c1. The number of carbonyl (C=O) groups is 2. The van der Waals surface area contributed by atoms with E-state index in [-0.39, 0.29) is 24.0 Å². The standard InChI is InChI=1S/C35H32N4O3/c1-22-23(2)38-31-10-7-17-37-33(31)32(22)34(41)39(21-30-16-15-29(19-36)42-30)20-25-11-13-26(14-12-25)27-8-6-9-28(18-27)35(4,5)24(3)40/h6-18H,20-21H2,1-5H3. The number of fused-ring (bicyclic) bond motifs is 1. The lowest BCUT2D eigenvalue weighted by Gasteiger charge is -2.24. The number of nitrogens with zero attached hydrogens (tertiary/aromatic N) is 4. The van der Waals surface area contributed by atoms with Crippen LogP contribution in [0, 0.1) is 25.2 Å². The summed E-state index contributed by atoms with van der Waals surface area (Å²) in [5, 5.41) is 9.25. The van der Waals surface area contributed by atoms with Crippen LogP contribution in [0.4, 0.5) is 0 Å². The topological polar surface area (TPSA) is 100 Å². The summed E-state index contributed by atoms with van der Waals surface area (Å²) >= 11 is 0. The van der Waals surface area contributed by atoms with E-state index in [1.165, 1.54) is 0 Å². The Balaban J connectivity index is 1.49. The van der Waals surface area contributed by atoms with E-state index in [0.29, 0.717) is 28.9 Å². The molecule has 5 rings (SSSR count). The van der Waals surface area contributed by atoms with Crippen molar-refractivity contribution >= 4 is 22.7 Å². The molecule has 0 saturated heterocycles. The minimum absolute atomic E-state index is 0.112. The average molecular weight is 557 g/mol. The molecule has 1 amide bonds. The van der Waals surface area contributed by atoms with Gasteiger partial charge in [-0.1, -0.05) is 48.5 Å². The van der Waals surface area contributed by atoms with Gasteiger partial charge in [-0.2, -0.15) is 5.26 Å². The van der Waals surface area contributed by atoms with Crippen molar-refractivity contribution in [3.05, 3.63) is 118 Å². The second-order valence-electron chi connectivity index (χ2n) is 11.1. The van der Waals surface area contributed by atoms with Crippen LogP contribution >= 0.6 is 0 Å². The number of furan rings is 1. The molecule has 0 spiro atoms. The molecule has 0 aliphatic heterocycles. The highest BCUT2D eigenvalue weighted by molar-refractivity contribution is 6.06. The second kappa shape index (κ2) is 11.4. The quantitative estimate of drug-likeness (QED) is 0.202. The van der Waals surface area contributed by atoms with Crippen molar-refractivity contribution in [3.63, 3.8) is 0 Å². The summed E-state index contributed by atoms with van der Waals surface area (Å²) in [7, 11) is 0. The lowest BCUT2D eigenvalue weighted by Crippen LogP contribution is -2.31. The Bertz CT molecular complexity index is 1840. The van der Waals surface area contributed by atoms with Crippen LogP contribution in [0.1, 0.15) is 65.0 Å². The molecule has 0 aliphatic rings. The predicted octanol–water partition coefficient (Wildman–Crippen LogP) is 7.09. The summed E-state index contributed by atoms with van der Waals surface area (Å²) in [4.78, 5) is 37.3. The molecule has 0 fully saturated rings. The Labute approximate surface area is 245 Å². The Morgan fingerprint density at radius 1 is 0.952 bits per heavy atom. The molecule has 210 valence electrons. The van der Waals surface area contributed by atoms with Crippen molar-refractivity contribution in [2.75, 3.05) is 0 Å². The molecule has 2 aromatic carbocycles. The minimum atomic E-state index is -0.573. The number of hydrogen-bond acceptors (Lipinski definition) is 6. The number of aryl methyl sites for hydroxylation is 1. The molecule has 0 N–H and O–H groups in total. The number of aromatic nitrogens is 2. The fraction of sp³-hybridized carbons (Fsp3) is 0.229. The van der Waals surface area contributed by atoms with Crippen LogP contribution in [0.3, 0.4) is 0 Å². The molecule has 7 nitrogen and oxygen atoms in total. The summed E-state index contributed by atoms with van der Waals surface area (Å²) in [6.07, 6.45) is 1.66. The van der Waals surface area contributed by atoms with Gasteiger partial charge in [0.2, 0.25) is 5.76 Å². The zero-order valence-electron chi connectivity index (χ0n) is 24.4. The molecule has 5 aromatic rings. The van der Waals surface area contributed by atoms with Gasteiger partial charge >= 0.3 is 0 Å². The molecular weight excluding hydrogens is 524 g/mol. The van der Waals surface area contributed by atoms with Gasteiger partial charge in [-0.25, -0.2) is 0 Å². The lowest BCUT2D eigenvalue weighted by atomic mass is 9.80. The second-order valence-corrected chi connectivity index (χ2v) is 11.1. The van der Waals surface area contributed by atoms with Crippen molar-refractivity contribution < 1.29 is 14.0 Å². The minimum Gasteiger partial charge on any atom is -0.449 e. The third-order valence-electron chi connectivity index (χ3n) is 7.97. The summed E-state index contributed by atoms with van der Waals surface area (Å²) in [5.74, 6) is 0.628. The van der Waals surface area contributed by atoms with Gasteiger partial charge in [-0.3, -0.25) is 19.6 Å². The normalized spacial score (nSPS) is 11.3. The third-order valence-corrected chi connectivity index (χ3v) is 7.97. The van der Waals surface area contributed by atoms with Crippen LogP contribution in [0.5, 0.6) is 0 Å². The van der Waals surface area contributed by atoms with Crippen LogP contribution < -0.4 is 0 Å². The van der Waals surface area contributed by atoms with Gasteiger partial charge in [0, 0.05) is 23.9 Å². The first kappa shape index (κ1) is 28.4. The van der Waals surface area contributed by atoms with Gasteiger partial charge in [0.25, 0.3) is 5.91 Å². The molecule has 7 heteroatoms. The fourth-order valence-corrected chi connectivity index (χ4v) is 4.95. The summed E-state index contributed by atoms with van der Waals surface area (Å²) < 4.78 is 5.65. The number of pyridine rings is 2. The van der Waals surface area contributed by atoms with Crippen LogP contribution in [-0.2, 0) is 23.3 Å². The predicted molar refractivity (Wildman–Crippen MR) is 162 cm³/mol. The van der Waals surface area contributed by atoms with Gasteiger partial charge in [0.05, 0.1) is 17.6 Å². The van der Waals surface area contributed by atoms with Crippen LogP contribution in [0.25, 0.3) is 22.2 Å². The first-order valence-corrected chi connectivity index (χ1v) is 13.8. The summed E-state index contributed by atoms with van der Waals surface area (Å²) in [6.45, 7) is 9.76. The molecule has 3 aromatic heterocycles. The number of hydrogen-bond donors (Lipinski definition) is 0. The largest absolute Gasteiger partial charge is 0.449 e. The fourth-order valence-electron chi connectivity index (χ4n) is 4.95. The van der Waals surface area contributed by atoms with E-state index >= 15 is 0 Å². The highest BCUT2D eigenvalue weighted by Gasteiger charge is 2.27. The van der Waals surface area contributed by atoms with E-state index in [0.717, 1.165) is 33.5 Å². The zero-order chi connectivity index (χ0) is 30.0. The monoisotopic (exact) mass is 556 g/mol. The molecule has 0 atom stereocenters. The van der Waals surface area contributed by atoms with E-state index in [9.17, 15) is 14.9 Å². The molecule has 3 heterocycles. The Kier molecular flexibility index (Phi) is 7.73. The molecule has 0 saturated carbocycles. The number of rotatable bonds is 8. The van der Waals surface area contributed by atoms with Gasteiger partial charge in [-0.05, 0) is 86.7 Å². The number of Topliss-reactive ketones (excluding diaryl/α,β-unsaturated/α-hetero) is 1. The van der Waals surface area contributed by atoms with E-state index in [1.54, 1.807) is 36.2 Å². The smallest absolute Gasteiger partial charge is 0.257 e. The van der Waals surface area contributed by atoms with Crippen molar-refractivity contribution in [2.24, 2.45) is 0 Å². The zero-order valence-corrected chi connectivity index (χ0v) is 24.4. The van der Waals surface area contributed by atoms with Crippen molar-refractivity contribution in [2.45, 2.75) is 53.1 Å². The molecule has 42 heavy (non-hydrogen) atoms. The molecule has 0 unspecified atom stereocenters. The highest BCUT2D eigenvalue weighted by Crippen LogP contribution is 2.30. The van der Waals surface area contributed by atoms with Crippen molar-refractivity contribution in [1.82, 2.24) is 14.9 Å². The van der Waals surface area contributed by atoms with Crippen LogP contribution in [0.15, 0.2) is 83.4 Å². The summed E-state index contributed by atoms with van der Waals surface area (Å²) in [5.41, 5.74) is 6.61. The van der Waals surface area contributed by atoms with E-state index in [4.69, 9.17) is 4.42 Å². The van der Waals surface area contributed by atoms with Crippen molar-refractivity contribution in [3.8, 4) is 17.2 Å². The number of ketones is 1. The molecule has 0 radical (unpaired) electrons. The maximum absolute atomic E-state index is 14.2. The Hall–Kier alpha value is -5.09. The van der Waals surface area contributed by atoms with E-state index in [1.807, 2.05) is 82.3 Å². The number of benzene rings is 2. The Morgan fingerprint density at radius 2 is 1.71 bits per heavy atom. The number of amides is 1. The first-order chi connectivity index (χ1) is 20.1. The van der Waals surface area contributed by atoms with Gasteiger partial charge in [-0.15, -0.1) is 0 Å². The molecule has 0 aliphatic carbocycles. The van der Waals surface area contributed by atoms with Gasteiger partial charge in [0.1, 0.15) is 23.1 Å². The van der Waals surface area contributed by atoms with E-state index in [2.05, 4.69) is 16.0 Å². The van der Waals surface area contributed by atoms with Crippen LogP contribution in [-0.4, -0.2) is 26.6 Å². The van der Waals surface area contributed by atoms with Gasteiger partial charge < -0.3 is 9.32 Å². The molecular formula is C35H32N4O3. The van der Waals surface area contributed by atoms with Crippen molar-refractivity contribution in [1.29, 1.82) is 5.26 Å².